The van der Waals surface area contributed by atoms with Crippen molar-refractivity contribution >= 4 is 11.8 Å². The van der Waals surface area contributed by atoms with E-state index in [1.54, 1.807) is 12.1 Å². The van der Waals surface area contributed by atoms with Crippen LogP contribution in [0.3, 0.4) is 0 Å². The molecule has 0 saturated heterocycles. The predicted octanol–water partition coefficient (Wildman–Crippen LogP) is 2.57. The van der Waals surface area contributed by atoms with Crippen molar-refractivity contribution in [2.45, 2.75) is 6.42 Å². The maximum atomic E-state index is 12.0. The van der Waals surface area contributed by atoms with Gasteiger partial charge in [0.15, 0.2) is 11.5 Å². The van der Waals surface area contributed by atoms with E-state index in [0.29, 0.717) is 11.5 Å². The number of hydrogen-bond acceptors (Lipinski definition) is 5. The second-order valence-corrected chi connectivity index (χ2v) is 5.36. The SMILES string of the molecule is O=C(CCOc1ccccc1)NNC(=O)c1cc(-c2ccccc2)on1. The average Bonchev–Trinajstić information content (AvgIpc) is 3.18. The topological polar surface area (TPSA) is 93.5 Å². The Morgan fingerprint density at radius 1 is 0.962 bits per heavy atom. The molecule has 3 rings (SSSR count). The molecule has 0 saturated carbocycles. The van der Waals surface area contributed by atoms with Gasteiger partial charge in [0, 0.05) is 11.6 Å². The Balaban J connectivity index is 1.43. The van der Waals surface area contributed by atoms with Gasteiger partial charge < -0.3 is 9.26 Å². The van der Waals surface area contributed by atoms with Crippen molar-refractivity contribution in [2.75, 3.05) is 6.61 Å². The Kier molecular flexibility index (Phi) is 5.61. The van der Waals surface area contributed by atoms with Gasteiger partial charge in [-0.2, -0.15) is 0 Å². The van der Waals surface area contributed by atoms with Crippen molar-refractivity contribution < 1.29 is 18.8 Å². The standard InChI is InChI=1S/C19H17N3O4/c23-18(11-12-25-15-9-5-2-6-10-15)20-21-19(24)16-13-17(26-22-16)14-7-3-1-4-8-14/h1-10,13H,11-12H2,(H,20,23)(H,21,24). The number of hydrazine groups is 1. The molecule has 1 aromatic heterocycles. The molecule has 7 nitrogen and oxygen atoms in total. The Morgan fingerprint density at radius 3 is 2.38 bits per heavy atom. The van der Waals surface area contributed by atoms with E-state index in [9.17, 15) is 9.59 Å². The van der Waals surface area contributed by atoms with Crippen LogP contribution in [-0.2, 0) is 4.79 Å². The summed E-state index contributed by atoms with van der Waals surface area (Å²) in [5.41, 5.74) is 5.49. The monoisotopic (exact) mass is 351 g/mol. The Hall–Kier alpha value is -3.61. The molecule has 2 N–H and O–H groups in total. The zero-order chi connectivity index (χ0) is 18.2. The van der Waals surface area contributed by atoms with Crippen molar-refractivity contribution in [3.8, 4) is 17.1 Å². The third kappa shape index (κ3) is 4.70. The van der Waals surface area contributed by atoms with Gasteiger partial charge in [-0.25, -0.2) is 0 Å². The summed E-state index contributed by atoms with van der Waals surface area (Å²) in [4.78, 5) is 23.8. The van der Waals surface area contributed by atoms with Crippen LogP contribution in [0, 0.1) is 0 Å². The molecular formula is C19H17N3O4. The highest BCUT2D eigenvalue weighted by molar-refractivity contribution is 5.94. The highest BCUT2D eigenvalue weighted by atomic mass is 16.5. The predicted molar refractivity (Wildman–Crippen MR) is 94.1 cm³/mol. The van der Waals surface area contributed by atoms with E-state index in [1.165, 1.54) is 6.07 Å². The lowest BCUT2D eigenvalue weighted by Crippen LogP contribution is -2.42. The number of nitrogens with zero attached hydrogens (tertiary/aromatic N) is 1. The fourth-order valence-electron chi connectivity index (χ4n) is 2.15. The van der Waals surface area contributed by atoms with Crippen LogP contribution in [0.15, 0.2) is 71.3 Å². The van der Waals surface area contributed by atoms with Gasteiger partial charge in [-0.05, 0) is 12.1 Å². The van der Waals surface area contributed by atoms with E-state index < -0.39 is 5.91 Å². The first kappa shape index (κ1) is 17.2. The van der Waals surface area contributed by atoms with Crippen LogP contribution in [0.4, 0.5) is 0 Å². The fourth-order valence-corrected chi connectivity index (χ4v) is 2.15. The zero-order valence-corrected chi connectivity index (χ0v) is 13.8. The summed E-state index contributed by atoms with van der Waals surface area (Å²) in [6.07, 6.45) is 0.100. The quantitative estimate of drug-likeness (QED) is 0.666. The summed E-state index contributed by atoms with van der Waals surface area (Å²) >= 11 is 0. The Morgan fingerprint density at radius 2 is 1.65 bits per heavy atom. The Bertz CT molecular complexity index is 863. The third-order valence-electron chi connectivity index (χ3n) is 3.46. The van der Waals surface area contributed by atoms with E-state index in [2.05, 4.69) is 16.0 Å². The number of nitrogens with one attached hydrogen (secondary N) is 2. The fraction of sp³-hybridized carbons (Fsp3) is 0.105. The molecule has 132 valence electrons. The van der Waals surface area contributed by atoms with E-state index in [1.807, 2.05) is 48.5 Å². The molecule has 2 amide bonds. The summed E-state index contributed by atoms with van der Waals surface area (Å²) in [5, 5.41) is 3.71. The van der Waals surface area contributed by atoms with Crippen molar-refractivity contribution in [2.24, 2.45) is 0 Å². The molecule has 1 heterocycles. The number of ether oxygens (including phenoxy) is 1. The highest BCUT2D eigenvalue weighted by Gasteiger charge is 2.14. The lowest BCUT2D eigenvalue weighted by Gasteiger charge is -2.07. The Labute approximate surface area is 149 Å². The van der Waals surface area contributed by atoms with Gasteiger partial charge in [-0.3, -0.25) is 20.4 Å². The molecule has 7 heteroatoms. The molecule has 2 aromatic carbocycles. The number of hydrogen-bond donors (Lipinski definition) is 2. The van der Waals surface area contributed by atoms with Crippen molar-refractivity contribution in [1.29, 1.82) is 0 Å². The first-order valence-corrected chi connectivity index (χ1v) is 8.01. The number of amides is 2. The smallest absolute Gasteiger partial charge is 0.291 e. The maximum absolute atomic E-state index is 12.0. The minimum absolute atomic E-state index is 0.0738. The van der Waals surface area contributed by atoms with Crippen molar-refractivity contribution in [3.05, 3.63) is 72.4 Å². The minimum atomic E-state index is -0.562. The summed E-state index contributed by atoms with van der Waals surface area (Å²) in [5.74, 6) is 0.216. The summed E-state index contributed by atoms with van der Waals surface area (Å²) in [6.45, 7) is 0.202. The molecular weight excluding hydrogens is 334 g/mol. The van der Waals surface area contributed by atoms with Gasteiger partial charge in [-0.1, -0.05) is 53.7 Å². The van der Waals surface area contributed by atoms with Gasteiger partial charge >= 0.3 is 0 Å². The number of rotatable bonds is 6. The lowest BCUT2D eigenvalue weighted by atomic mass is 10.1. The number of carbonyl (C=O) groups excluding carboxylic acids is 2. The highest BCUT2D eigenvalue weighted by Crippen LogP contribution is 2.19. The van der Waals surface area contributed by atoms with Crippen LogP contribution in [0.5, 0.6) is 5.75 Å². The zero-order valence-electron chi connectivity index (χ0n) is 13.8. The molecule has 0 atom stereocenters. The summed E-state index contributed by atoms with van der Waals surface area (Å²) in [6, 6.07) is 20.0. The number of benzene rings is 2. The van der Waals surface area contributed by atoms with E-state index in [-0.39, 0.29) is 24.6 Å². The molecule has 0 fully saturated rings. The average molecular weight is 351 g/mol. The lowest BCUT2D eigenvalue weighted by molar-refractivity contribution is -0.122. The van der Waals surface area contributed by atoms with Gasteiger partial charge in [0.1, 0.15) is 5.75 Å². The van der Waals surface area contributed by atoms with E-state index >= 15 is 0 Å². The molecule has 26 heavy (non-hydrogen) atoms. The summed E-state index contributed by atoms with van der Waals surface area (Å²) in [7, 11) is 0. The van der Waals surface area contributed by atoms with Crippen LogP contribution >= 0.6 is 0 Å². The second kappa shape index (κ2) is 8.48. The van der Waals surface area contributed by atoms with Crippen molar-refractivity contribution in [1.82, 2.24) is 16.0 Å². The number of para-hydroxylation sites is 1. The van der Waals surface area contributed by atoms with Gasteiger partial charge in [-0.15, -0.1) is 0 Å². The summed E-state index contributed by atoms with van der Waals surface area (Å²) < 4.78 is 10.6. The normalized spacial score (nSPS) is 10.2. The molecule has 0 spiro atoms. The first-order valence-electron chi connectivity index (χ1n) is 8.01. The number of carbonyl (C=O) groups is 2. The molecule has 0 aliphatic carbocycles. The van der Waals surface area contributed by atoms with E-state index in [0.717, 1.165) is 5.56 Å². The van der Waals surface area contributed by atoms with Gasteiger partial charge in [0.2, 0.25) is 5.91 Å². The van der Waals surface area contributed by atoms with Crippen LogP contribution in [-0.4, -0.2) is 23.6 Å². The van der Waals surface area contributed by atoms with Gasteiger partial charge in [0.05, 0.1) is 13.0 Å². The molecule has 0 radical (unpaired) electrons. The molecule has 0 bridgehead atoms. The minimum Gasteiger partial charge on any atom is -0.493 e. The maximum Gasteiger partial charge on any atom is 0.291 e. The second-order valence-electron chi connectivity index (χ2n) is 5.36. The molecule has 0 aliphatic rings. The van der Waals surface area contributed by atoms with Gasteiger partial charge in [0.25, 0.3) is 5.91 Å². The van der Waals surface area contributed by atoms with Crippen LogP contribution < -0.4 is 15.6 Å². The molecule has 0 aliphatic heterocycles. The van der Waals surface area contributed by atoms with Crippen LogP contribution in [0.1, 0.15) is 16.9 Å². The molecule has 3 aromatic rings. The van der Waals surface area contributed by atoms with Crippen LogP contribution in [0.25, 0.3) is 11.3 Å². The van der Waals surface area contributed by atoms with E-state index in [4.69, 9.17) is 9.26 Å². The van der Waals surface area contributed by atoms with Crippen LogP contribution in [0.2, 0.25) is 0 Å². The molecule has 0 unspecified atom stereocenters. The largest absolute Gasteiger partial charge is 0.493 e. The third-order valence-corrected chi connectivity index (χ3v) is 3.46. The first-order chi connectivity index (χ1) is 12.7. The van der Waals surface area contributed by atoms with Crippen molar-refractivity contribution in [3.63, 3.8) is 0 Å². The number of aromatic nitrogens is 1.